The average Bonchev–Trinajstić information content (AvgIpc) is 2.73. The molecule has 0 bridgehead atoms. The van der Waals surface area contributed by atoms with E-state index in [2.05, 4.69) is 21.2 Å². The van der Waals surface area contributed by atoms with Crippen LogP contribution in [0.4, 0.5) is 15.8 Å². The fourth-order valence-electron chi connectivity index (χ4n) is 2.77. The first-order valence-corrected chi connectivity index (χ1v) is 10.1. The first-order valence-electron chi connectivity index (χ1n) is 9.27. The maximum absolute atomic E-state index is 13.1. The summed E-state index contributed by atoms with van der Waals surface area (Å²) in [5.74, 6) is 0.870. The Bertz CT molecular complexity index is 1010. The van der Waals surface area contributed by atoms with Crippen LogP contribution in [0.3, 0.4) is 0 Å². The third-order valence-corrected chi connectivity index (χ3v) is 4.83. The van der Waals surface area contributed by atoms with Gasteiger partial charge in [-0.15, -0.1) is 0 Å². The average molecular weight is 475 g/mol. The van der Waals surface area contributed by atoms with Crippen molar-refractivity contribution in [3.8, 4) is 11.5 Å². The van der Waals surface area contributed by atoms with Gasteiger partial charge in [0.1, 0.15) is 12.4 Å². The smallest absolute Gasteiger partial charge is 0.269 e. The molecule has 8 heteroatoms. The van der Waals surface area contributed by atoms with Crippen molar-refractivity contribution in [2.24, 2.45) is 0 Å². The van der Waals surface area contributed by atoms with E-state index in [1.807, 2.05) is 19.1 Å². The molecule has 0 saturated carbocycles. The van der Waals surface area contributed by atoms with E-state index in [0.29, 0.717) is 24.7 Å². The van der Waals surface area contributed by atoms with Crippen LogP contribution in [0, 0.1) is 15.9 Å². The van der Waals surface area contributed by atoms with E-state index in [-0.39, 0.29) is 18.1 Å². The highest BCUT2D eigenvalue weighted by atomic mass is 79.9. The van der Waals surface area contributed by atoms with E-state index in [1.54, 1.807) is 24.3 Å². The molecule has 0 radical (unpaired) electrons. The fraction of sp³-hybridized carbons (Fsp3) is 0.182. The molecule has 0 spiro atoms. The number of nitrogens with zero attached hydrogens (tertiary/aromatic N) is 1. The van der Waals surface area contributed by atoms with E-state index in [1.165, 1.54) is 24.3 Å². The van der Waals surface area contributed by atoms with Gasteiger partial charge < -0.3 is 14.8 Å². The van der Waals surface area contributed by atoms with E-state index in [0.717, 1.165) is 21.3 Å². The van der Waals surface area contributed by atoms with Gasteiger partial charge in [0.05, 0.1) is 16.0 Å². The van der Waals surface area contributed by atoms with Crippen molar-refractivity contribution >= 4 is 27.3 Å². The normalized spacial score (nSPS) is 10.5. The first kappa shape index (κ1) is 21.6. The number of benzene rings is 3. The molecule has 0 heterocycles. The zero-order valence-corrected chi connectivity index (χ0v) is 17.8. The lowest BCUT2D eigenvalue weighted by Crippen LogP contribution is -2.04. The molecule has 0 atom stereocenters. The van der Waals surface area contributed by atoms with Crippen molar-refractivity contribution < 1.29 is 18.8 Å². The predicted molar refractivity (Wildman–Crippen MR) is 116 cm³/mol. The van der Waals surface area contributed by atoms with Crippen molar-refractivity contribution in [1.82, 2.24) is 0 Å². The minimum absolute atomic E-state index is 0.0459. The van der Waals surface area contributed by atoms with Crippen LogP contribution in [0.2, 0.25) is 0 Å². The molecule has 0 fully saturated rings. The van der Waals surface area contributed by atoms with Crippen molar-refractivity contribution in [2.45, 2.75) is 20.1 Å². The first-order chi connectivity index (χ1) is 14.5. The third kappa shape index (κ3) is 5.70. The molecule has 6 nitrogen and oxygen atoms in total. The molecule has 0 aliphatic heterocycles. The van der Waals surface area contributed by atoms with Crippen molar-refractivity contribution in [1.29, 1.82) is 0 Å². The second-order valence-electron chi connectivity index (χ2n) is 6.41. The van der Waals surface area contributed by atoms with Crippen LogP contribution in [-0.2, 0) is 13.2 Å². The zero-order valence-electron chi connectivity index (χ0n) is 16.2. The Labute approximate surface area is 181 Å². The Hall–Kier alpha value is -3.13. The third-order valence-electron chi connectivity index (χ3n) is 4.24. The molecule has 0 amide bonds. The number of nitrogens with one attached hydrogen (secondary N) is 1. The summed E-state index contributed by atoms with van der Waals surface area (Å²) in [4.78, 5) is 10.3. The highest BCUT2D eigenvalue weighted by Crippen LogP contribution is 2.37. The molecule has 1 N–H and O–H groups in total. The number of anilines is 1. The second kappa shape index (κ2) is 10.1. The molecule has 0 aliphatic carbocycles. The quantitative estimate of drug-likeness (QED) is 0.300. The van der Waals surface area contributed by atoms with Gasteiger partial charge in [0, 0.05) is 24.4 Å². The Kier molecular flexibility index (Phi) is 7.24. The summed E-state index contributed by atoms with van der Waals surface area (Å²) < 4.78 is 25.5. The van der Waals surface area contributed by atoms with Gasteiger partial charge in [-0.2, -0.15) is 0 Å². The number of halogens is 2. The molecule has 0 aliphatic rings. The maximum atomic E-state index is 13.1. The van der Waals surface area contributed by atoms with E-state index >= 15 is 0 Å². The maximum Gasteiger partial charge on any atom is 0.269 e. The zero-order chi connectivity index (χ0) is 21.5. The highest BCUT2D eigenvalue weighted by Gasteiger charge is 2.13. The van der Waals surface area contributed by atoms with Crippen LogP contribution in [0.15, 0.2) is 65.1 Å². The number of nitro groups is 1. The largest absolute Gasteiger partial charge is 0.490 e. The summed E-state index contributed by atoms with van der Waals surface area (Å²) in [6.45, 7) is 3.13. The van der Waals surface area contributed by atoms with Gasteiger partial charge in [-0.3, -0.25) is 10.1 Å². The molecule has 156 valence electrons. The van der Waals surface area contributed by atoms with E-state index < -0.39 is 4.92 Å². The lowest BCUT2D eigenvalue weighted by atomic mass is 10.2. The van der Waals surface area contributed by atoms with Crippen LogP contribution in [0.1, 0.15) is 18.1 Å². The Morgan fingerprint density at radius 1 is 1.03 bits per heavy atom. The van der Waals surface area contributed by atoms with E-state index in [4.69, 9.17) is 9.47 Å². The summed E-state index contributed by atoms with van der Waals surface area (Å²) >= 11 is 3.54. The molecule has 3 aromatic carbocycles. The van der Waals surface area contributed by atoms with Gasteiger partial charge in [-0.25, -0.2) is 4.39 Å². The molecule has 0 aromatic heterocycles. The number of ether oxygens (including phenoxy) is 2. The van der Waals surface area contributed by atoms with Crippen LogP contribution in [-0.4, -0.2) is 11.5 Å². The van der Waals surface area contributed by atoms with Crippen LogP contribution in [0.25, 0.3) is 0 Å². The second-order valence-corrected chi connectivity index (χ2v) is 7.26. The van der Waals surface area contributed by atoms with Gasteiger partial charge in [0.2, 0.25) is 0 Å². The fourth-order valence-corrected chi connectivity index (χ4v) is 3.37. The number of hydrogen-bond acceptors (Lipinski definition) is 5. The van der Waals surface area contributed by atoms with Gasteiger partial charge in [-0.05, 0) is 70.4 Å². The SMILES string of the molecule is CCOc1cc(CNc2ccc([N+](=O)[O-])cc2)cc(Br)c1OCc1ccc(F)cc1. The Morgan fingerprint density at radius 3 is 2.37 bits per heavy atom. The summed E-state index contributed by atoms with van der Waals surface area (Å²) in [6, 6.07) is 16.2. The molecular weight excluding hydrogens is 455 g/mol. The molecule has 0 saturated heterocycles. The highest BCUT2D eigenvalue weighted by molar-refractivity contribution is 9.10. The summed E-state index contributed by atoms with van der Waals surface area (Å²) in [6.07, 6.45) is 0. The summed E-state index contributed by atoms with van der Waals surface area (Å²) in [5.41, 5.74) is 2.60. The standard InChI is InChI=1S/C22H20BrFN2O4/c1-2-29-21-12-16(13-25-18-7-9-19(10-8-18)26(27)28)11-20(23)22(21)30-14-15-3-5-17(24)6-4-15/h3-12,25H,2,13-14H2,1H3. The molecule has 0 unspecified atom stereocenters. The van der Waals surface area contributed by atoms with Gasteiger partial charge in [-0.1, -0.05) is 12.1 Å². The molecule has 3 aromatic rings. The summed E-state index contributed by atoms with van der Waals surface area (Å²) in [5, 5.41) is 14.0. The van der Waals surface area contributed by atoms with Gasteiger partial charge in [0.25, 0.3) is 5.69 Å². The van der Waals surface area contributed by atoms with Crippen LogP contribution < -0.4 is 14.8 Å². The lowest BCUT2D eigenvalue weighted by molar-refractivity contribution is -0.384. The van der Waals surface area contributed by atoms with Crippen LogP contribution in [0.5, 0.6) is 11.5 Å². The predicted octanol–water partition coefficient (Wildman–Crippen LogP) is 6.09. The van der Waals surface area contributed by atoms with Gasteiger partial charge in [0.15, 0.2) is 11.5 Å². The van der Waals surface area contributed by atoms with E-state index in [9.17, 15) is 14.5 Å². The lowest BCUT2D eigenvalue weighted by Gasteiger charge is -2.16. The van der Waals surface area contributed by atoms with Crippen LogP contribution >= 0.6 is 15.9 Å². The number of rotatable bonds is 9. The Balaban J connectivity index is 1.71. The Morgan fingerprint density at radius 2 is 1.73 bits per heavy atom. The topological polar surface area (TPSA) is 73.6 Å². The molecule has 3 rings (SSSR count). The minimum atomic E-state index is -0.431. The van der Waals surface area contributed by atoms with Gasteiger partial charge >= 0.3 is 0 Å². The van der Waals surface area contributed by atoms with Crippen molar-refractivity contribution in [3.63, 3.8) is 0 Å². The molecule has 30 heavy (non-hydrogen) atoms. The monoisotopic (exact) mass is 474 g/mol. The molecular formula is C22H20BrFN2O4. The minimum Gasteiger partial charge on any atom is -0.490 e. The van der Waals surface area contributed by atoms with Crippen molar-refractivity contribution in [2.75, 3.05) is 11.9 Å². The number of hydrogen-bond donors (Lipinski definition) is 1. The van der Waals surface area contributed by atoms with Crippen molar-refractivity contribution in [3.05, 3.63) is 92.2 Å². The summed E-state index contributed by atoms with van der Waals surface area (Å²) in [7, 11) is 0. The number of nitro benzene ring substituents is 1. The number of non-ortho nitro benzene ring substituents is 1.